The van der Waals surface area contributed by atoms with E-state index in [1.807, 2.05) is 37.3 Å². The molecule has 0 unspecified atom stereocenters. The molecule has 4 rings (SSSR count). The van der Waals surface area contributed by atoms with Gasteiger partial charge in [0.1, 0.15) is 21.4 Å². The standard InChI is InChI=1S/C27H29NO6S/c1-3-32-24(29)16-20-6-5-19-15-22(11-12-23(19)20)34-14-4-13-33-21-9-7-18(8-10-21)26-28-17(2)25(35-26)27(30)31/h7-12,15,20H,3-6,13-14,16H2,1-2H3,(H,30,31)/t20-/m0/s1. The summed E-state index contributed by atoms with van der Waals surface area (Å²) in [5.41, 5.74) is 3.86. The van der Waals surface area contributed by atoms with Crippen molar-refractivity contribution in [1.82, 2.24) is 4.98 Å². The van der Waals surface area contributed by atoms with Gasteiger partial charge in [-0.3, -0.25) is 4.79 Å². The Bertz CT molecular complexity index is 1190. The number of rotatable bonds is 11. The van der Waals surface area contributed by atoms with Crippen LogP contribution in [0.4, 0.5) is 0 Å². The van der Waals surface area contributed by atoms with Gasteiger partial charge in [-0.15, -0.1) is 11.3 Å². The average molecular weight is 496 g/mol. The second-order valence-electron chi connectivity index (χ2n) is 8.42. The predicted octanol–water partition coefficient (Wildman–Crippen LogP) is 5.65. The maximum absolute atomic E-state index is 11.8. The number of carboxylic acids is 1. The molecule has 0 saturated carbocycles. The molecule has 1 aliphatic rings. The molecule has 0 fully saturated rings. The first-order valence-corrected chi connectivity index (χ1v) is 12.6. The molecule has 1 aromatic heterocycles. The molecule has 35 heavy (non-hydrogen) atoms. The normalized spacial score (nSPS) is 14.4. The summed E-state index contributed by atoms with van der Waals surface area (Å²) < 4.78 is 16.8. The molecular weight excluding hydrogens is 466 g/mol. The average Bonchev–Trinajstić information content (AvgIpc) is 3.42. The van der Waals surface area contributed by atoms with Crippen molar-refractivity contribution in [3.05, 3.63) is 64.2 Å². The smallest absolute Gasteiger partial charge is 0.347 e. The van der Waals surface area contributed by atoms with Gasteiger partial charge in [-0.1, -0.05) is 6.07 Å². The van der Waals surface area contributed by atoms with E-state index in [0.717, 1.165) is 36.3 Å². The Balaban J connectivity index is 1.21. The first kappa shape index (κ1) is 24.7. The van der Waals surface area contributed by atoms with Crippen LogP contribution in [-0.2, 0) is 16.0 Å². The van der Waals surface area contributed by atoms with Gasteiger partial charge in [0.25, 0.3) is 0 Å². The molecule has 2 aromatic carbocycles. The lowest BCUT2D eigenvalue weighted by Crippen LogP contribution is -2.08. The third-order valence-corrected chi connectivity index (χ3v) is 7.15. The summed E-state index contributed by atoms with van der Waals surface area (Å²) >= 11 is 1.17. The molecule has 1 heterocycles. The fourth-order valence-electron chi connectivity index (χ4n) is 4.26. The first-order valence-electron chi connectivity index (χ1n) is 11.8. The van der Waals surface area contributed by atoms with E-state index in [4.69, 9.17) is 14.2 Å². The number of carbonyl (C=O) groups is 2. The van der Waals surface area contributed by atoms with E-state index in [2.05, 4.69) is 17.1 Å². The van der Waals surface area contributed by atoms with Crippen molar-refractivity contribution < 1.29 is 28.9 Å². The van der Waals surface area contributed by atoms with Gasteiger partial charge in [0.2, 0.25) is 0 Å². The molecule has 0 radical (unpaired) electrons. The number of thiazole rings is 1. The van der Waals surface area contributed by atoms with E-state index in [1.54, 1.807) is 6.92 Å². The van der Waals surface area contributed by atoms with E-state index < -0.39 is 5.97 Å². The minimum absolute atomic E-state index is 0.133. The fourth-order valence-corrected chi connectivity index (χ4v) is 5.17. The van der Waals surface area contributed by atoms with E-state index in [0.29, 0.717) is 36.9 Å². The van der Waals surface area contributed by atoms with Crippen molar-refractivity contribution >= 4 is 23.3 Å². The summed E-state index contributed by atoms with van der Waals surface area (Å²) in [4.78, 5) is 27.7. The van der Waals surface area contributed by atoms with Crippen molar-refractivity contribution in [2.24, 2.45) is 0 Å². The van der Waals surface area contributed by atoms with Crippen LogP contribution < -0.4 is 9.47 Å². The molecule has 1 N–H and O–H groups in total. The Labute approximate surface area is 208 Å². The van der Waals surface area contributed by atoms with Gasteiger partial charge in [0.15, 0.2) is 0 Å². The number of aromatic nitrogens is 1. The number of nitrogens with zero attached hydrogens (tertiary/aromatic N) is 1. The number of benzene rings is 2. The molecule has 7 nitrogen and oxygen atoms in total. The molecule has 0 bridgehead atoms. The quantitative estimate of drug-likeness (QED) is 0.271. The molecular formula is C27H29NO6S. The Morgan fingerprint density at radius 1 is 1.09 bits per heavy atom. The maximum Gasteiger partial charge on any atom is 0.347 e. The SMILES string of the molecule is CCOC(=O)C[C@@H]1CCc2cc(OCCCOc3ccc(-c4nc(C)c(C(=O)O)s4)cc3)ccc21. The van der Waals surface area contributed by atoms with Gasteiger partial charge in [0, 0.05) is 12.0 Å². The molecule has 3 aromatic rings. The third kappa shape index (κ3) is 6.19. The van der Waals surface area contributed by atoms with Gasteiger partial charge in [0.05, 0.1) is 31.9 Å². The monoisotopic (exact) mass is 495 g/mol. The lowest BCUT2D eigenvalue weighted by molar-refractivity contribution is -0.143. The lowest BCUT2D eigenvalue weighted by Gasteiger charge is -2.12. The van der Waals surface area contributed by atoms with E-state index >= 15 is 0 Å². The van der Waals surface area contributed by atoms with Crippen LogP contribution in [0, 0.1) is 6.92 Å². The van der Waals surface area contributed by atoms with Gasteiger partial charge >= 0.3 is 11.9 Å². The number of esters is 1. The zero-order valence-corrected chi connectivity index (χ0v) is 20.7. The van der Waals surface area contributed by atoms with Crippen LogP contribution in [0.5, 0.6) is 11.5 Å². The summed E-state index contributed by atoms with van der Waals surface area (Å²) in [6.45, 7) is 5.01. The van der Waals surface area contributed by atoms with Crippen molar-refractivity contribution in [2.75, 3.05) is 19.8 Å². The minimum Gasteiger partial charge on any atom is -0.493 e. The molecule has 0 aliphatic heterocycles. The molecule has 1 atom stereocenters. The highest BCUT2D eigenvalue weighted by Crippen LogP contribution is 2.37. The van der Waals surface area contributed by atoms with Crippen LogP contribution in [0.2, 0.25) is 0 Å². The molecule has 0 saturated heterocycles. The van der Waals surface area contributed by atoms with Gasteiger partial charge in [-0.05, 0) is 80.1 Å². The zero-order valence-electron chi connectivity index (χ0n) is 19.9. The zero-order chi connectivity index (χ0) is 24.8. The Morgan fingerprint density at radius 2 is 1.80 bits per heavy atom. The van der Waals surface area contributed by atoms with Crippen LogP contribution in [-0.4, -0.2) is 41.8 Å². The number of hydrogen-bond donors (Lipinski definition) is 1. The van der Waals surface area contributed by atoms with E-state index in [9.17, 15) is 14.7 Å². The second-order valence-corrected chi connectivity index (χ2v) is 9.42. The van der Waals surface area contributed by atoms with Gasteiger partial charge in [-0.25, -0.2) is 9.78 Å². The predicted molar refractivity (Wildman–Crippen MR) is 134 cm³/mol. The number of carbonyl (C=O) groups excluding carboxylic acids is 1. The summed E-state index contributed by atoms with van der Waals surface area (Å²) in [5, 5.41) is 9.89. The van der Waals surface area contributed by atoms with Crippen LogP contribution in [0.3, 0.4) is 0 Å². The Morgan fingerprint density at radius 3 is 2.49 bits per heavy atom. The number of carboxylic acid groups (broad SMARTS) is 1. The highest BCUT2D eigenvalue weighted by atomic mass is 32.1. The Kier molecular flexibility index (Phi) is 8.02. The van der Waals surface area contributed by atoms with Crippen LogP contribution >= 0.6 is 11.3 Å². The number of aryl methyl sites for hydroxylation is 2. The van der Waals surface area contributed by atoms with E-state index in [-0.39, 0.29) is 16.8 Å². The van der Waals surface area contributed by atoms with Crippen molar-refractivity contribution in [3.63, 3.8) is 0 Å². The number of hydrogen-bond acceptors (Lipinski definition) is 7. The number of fused-ring (bicyclic) bond motifs is 1. The van der Waals surface area contributed by atoms with E-state index in [1.165, 1.54) is 22.5 Å². The number of aromatic carboxylic acids is 1. The second kappa shape index (κ2) is 11.4. The van der Waals surface area contributed by atoms with Crippen LogP contribution in [0.15, 0.2) is 42.5 Å². The summed E-state index contributed by atoms with van der Waals surface area (Å²) in [6.07, 6.45) is 3.09. The van der Waals surface area contributed by atoms with Crippen LogP contribution in [0.1, 0.15) is 58.6 Å². The van der Waals surface area contributed by atoms with Gasteiger partial charge < -0.3 is 19.3 Å². The minimum atomic E-state index is -0.952. The largest absolute Gasteiger partial charge is 0.493 e. The van der Waals surface area contributed by atoms with Crippen molar-refractivity contribution in [1.29, 1.82) is 0 Å². The molecule has 184 valence electrons. The van der Waals surface area contributed by atoms with Crippen molar-refractivity contribution in [3.8, 4) is 22.1 Å². The van der Waals surface area contributed by atoms with Crippen molar-refractivity contribution in [2.45, 2.75) is 45.4 Å². The van der Waals surface area contributed by atoms with Gasteiger partial charge in [-0.2, -0.15) is 0 Å². The lowest BCUT2D eigenvalue weighted by atomic mass is 9.98. The molecule has 1 aliphatic carbocycles. The first-order chi connectivity index (χ1) is 16.9. The highest BCUT2D eigenvalue weighted by molar-refractivity contribution is 7.17. The topological polar surface area (TPSA) is 95.0 Å². The van der Waals surface area contributed by atoms with Crippen LogP contribution in [0.25, 0.3) is 10.6 Å². The molecule has 8 heteroatoms. The molecule has 0 amide bonds. The summed E-state index contributed by atoms with van der Waals surface area (Å²) in [7, 11) is 0. The Hall–Kier alpha value is -3.39. The third-order valence-electron chi connectivity index (χ3n) is 5.95. The number of ether oxygens (including phenoxy) is 3. The fraction of sp³-hybridized carbons (Fsp3) is 0.370. The highest BCUT2D eigenvalue weighted by Gasteiger charge is 2.25. The molecule has 0 spiro atoms. The summed E-state index contributed by atoms with van der Waals surface area (Å²) in [5.74, 6) is 0.726. The summed E-state index contributed by atoms with van der Waals surface area (Å²) in [6, 6.07) is 13.6. The maximum atomic E-state index is 11.8.